The number of aromatic nitrogens is 2. The molecule has 0 amide bonds. The van der Waals surface area contributed by atoms with E-state index in [2.05, 4.69) is 38.0 Å². The van der Waals surface area contributed by atoms with Crippen molar-refractivity contribution in [2.75, 3.05) is 84.2 Å². The highest BCUT2D eigenvalue weighted by Crippen LogP contribution is 2.49. The SMILES string of the molecule is CCC1(Oc2ccc(C(=O)OC)cc2OC)CC1.COC(=O)c1ccc(OC2(C)CC2)c(OC)c1.COC(=O)c1ccc(OC2(CO)CC2)c(OC)c1.COc1cc(C(=O)CCC(C)(O)c2ccc(OC)c(-c3ccc(F)c(Cl)c3)n2)ccc1OC1(C)CC1.COc1cc(C(=O)O)ccc1OC1(C)CC1.COc1ccc(C(C)(O)CN)nc1-c1ccc(F)c(Cl)c1. The summed E-state index contributed by atoms with van der Waals surface area (Å²) in [7, 11) is 14.7. The number of ketones is 1. The third kappa shape index (κ3) is 26.2. The zero-order chi connectivity index (χ0) is 92.3. The molecule has 31 heteroatoms. The van der Waals surface area contributed by atoms with Crippen molar-refractivity contribution >= 4 is 52.9 Å². The third-order valence-electron chi connectivity index (χ3n) is 21.7. The van der Waals surface area contributed by atoms with Gasteiger partial charge >= 0.3 is 23.9 Å². The van der Waals surface area contributed by atoms with Gasteiger partial charge in [-0.25, -0.2) is 37.9 Å². The standard InChI is InChI=1S/C28H29ClFNO5.C15H16ClFN2O2.C14H18O4.C13H16O5.C13H16O4.C12H14O4/c1-27(13-14-27)36-22-8-6-17(16-24(22)35-4)21(32)11-12-28(2,33)25-10-9-23(34-3)26(31-25)18-5-7-20(30)19(29)15-18;1-15(20,8-18)13-6-5-12(21-2)14(19-13)9-3-4-11(17)10(16)7-9;1-4-14(7-8-14)18-11-6-5-10(13(15)17-3)9-12(11)16-2;1-16-11-7-9(12(15)17-2)3-4-10(11)18-13(8-14)5-6-13;1-13(6-7-13)17-10-5-4-9(12(14)16-3)8-11(10)15-2;1-12(5-6-12)16-9-4-3-8(11(13)14)7-10(9)15-2/h5-10,15-16,33H,11-14H2,1-4H3;3-7,20H,8,18H2,1-2H3;5-6,9H,4,7-8H2,1-3H3;3-4,7,14H,5-6,8H2,1-2H3;4-5,8H,6-7H2,1-3H3;3-4,7H,5-6H2,1-2H3,(H,13,14). The van der Waals surface area contributed by atoms with Crippen molar-refractivity contribution in [3.05, 3.63) is 213 Å². The van der Waals surface area contributed by atoms with Gasteiger partial charge in [-0.2, -0.15) is 0 Å². The number of nitrogens with zero attached hydrogens (tertiary/aromatic N) is 2. The van der Waals surface area contributed by atoms with Crippen molar-refractivity contribution in [1.82, 2.24) is 9.97 Å². The van der Waals surface area contributed by atoms with E-state index in [1.54, 1.807) is 143 Å². The Kier molecular flexibility index (Phi) is 33.1. The van der Waals surface area contributed by atoms with Crippen LogP contribution < -0.4 is 62.6 Å². The van der Waals surface area contributed by atoms with Crippen LogP contribution in [0.2, 0.25) is 10.0 Å². The number of carboxylic acids is 1. The predicted molar refractivity (Wildman–Crippen MR) is 467 cm³/mol. The van der Waals surface area contributed by atoms with Crippen LogP contribution in [0.3, 0.4) is 0 Å². The fourth-order valence-corrected chi connectivity index (χ4v) is 12.6. The van der Waals surface area contributed by atoms with Crippen molar-refractivity contribution in [2.45, 2.75) is 164 Å². The number of nitrogens with two attached hydrogens (primary N) is 1. The van der Waals surface area contributed by atoms with Crippen LogP contribution in [0, 0.1) is 11.6 Å². The first-order valence-electron chi connectivity index (χ1n) is 40.5. The number of Topliss-reactive ketones (excluding diaryl/α,β-unsaturated/α-hetero) is 1. The summed E-state index contributed by atoms with van der Waals surface area (Å²) in [5.41, 5.74) is 6.80. The molecular weight excluding hydrogens is 1680 g/mol. The van der Waals surface area contributed by atoms with Gasteiger partial charge in [0.15, 0.2) is 63.3 Å². The molecule has 2 atom stereocenters. The van der Waals surface area contributed by atoms with Crippen molar-refractivity contribution in [1.29, 1.82) is 0 Å². The van der Waals surface area contributed by atoms with Gasteiger partial charge in [0.05, 0.1) is 121 Å². The molecular formula is C95H109Cl2F2N3O24. The van der Waals surface area contributed by atoms with Gasteiger partial charge in [-0.05, 0) is 263 Å². The number of benzene rings is 7. The molecule has 27 nitrogen and oxygen atoms in total. The number of ether oxygens (including phenoxy) is 15. The third-order valence-corrected chi connectivity index (χ3v) is 22.2. The molecule has 0 spiro atoms. The lowest BCUT2D eigenvalue weighted by Crippen LogP contribution is -2.32. The summed E-state index contributed by atoms with van der Waals surface area (Å²) in [6, 6.07) is 39.9. The van der Waals surface area contributed by atoms with Gasteiger partial charge in [0.1, 0.15) is 73.7 Å². The number of pyridine rings is 2. The van der Waals surface area contributed by atoms with Crippen LogP contribution in [0.1, 0.15) is 188 Å². The molecule has 5 aliphatic rings. The summed E-state index contributed by atoms with van der Waals surface area (Å²) in [6.07, 6.45) is 11.1. The molecule has 5 saturated carbocycles. The Labute approximate surface area is 741 Å². The van der Waals surface area contributed by atoms with E-state index in [1.165, 1.54) is 93.3 Å². The lowest BCUT2D eigenvalue weighted by atomic mass is 9.92. The summed E-state index contributed by atoms with van der Waals surface area (Å²) in [4.78, 5) is 66.9. The van der Waals surface area contributed by atoms with E-state index in [1.807, 2.05) is 13.8 Å². The molecule has 676 valence electrons. The molecule has 0 aliphatic heterocycles. The number of carbonyl (C=O) groups excluding carboxylic acids is 4. The maximum absolute atomic E-state index is 13.7. The van der Waals surface area contributed by atoms with Gasteiger partial charge in [0, 0.05) is 29.7 Å². The quantitative estimate of drug-likeness (QED) is 0.0148. The van der Waals surface area contributed by atoms with Crippen LogP contribution in [0.15, 0.2) is 152 Å². The number of esters is 3. The van der Waals surface area contributed by atoms with Gasteiger partial charge < -0.3 is 97.2 Å². The minimum atomic E-state index is -1.41. The maximum Gasteiger partial charge on any atom is 0.337 e. The molecule has 5 aliphatic carbocycles. The van der Waals surface area contributed by atoms with Crippen LogP contribution in [0.25, 0.3) is 22.5 Å². The largest absolute Gasteiger partial charge is 0.494 e. The van der Waals surface area contributed by atoms with E-state index in [0.29, 0.717) is 125 Å². The average molecular weight is 1790 g/mol. The maximum atomic E-state index is 13.7. The number of aliphatic hydroxyl groups excluding tert-OH is 1. The second-order valence-electron chi connectivity index (χ2n) is 31.8. The van der Waals surface area contributed by atoms with Crippen molar-refractivity contribution in [3.63, 3.8) is 0 Å². The molecule has 126 heavy (non-hydrogen) atoms. The second-order valence-corrected chi connectivity index (χ2v) is 32.6. The second kappa shape index (κ2) is 42.5. The highest BCUT2D eigenvalue weighted by Gasteiger charge is 2.47. The van der Waals surface area contributed by atoms with Gasteiger partial charge in [0.2, 0.25) is 0 Å². The van der Waals surface area contributed by atoms with Gasteiger partial charge in [-0.3, -0.25) is 4.79 Å². The van der Waals surface area contributed by atoms with E-state index >= 15 is 0 Å². The molecule has 0 bridgehead atoms. The highest BCUT2D eigenvalue weighted by molar-refractivity contribution is 6.31. The summed E-state index contributed by atoms with van der Waals surface area (Å²) < 4.78 is 107. The molecule has 2 unspecified atom stereocenters. The topological polar surface area (TPSA) is 357 Å². The Morgan fingerprint density at radius 1 is 0.405 bits per heavy atom. The summed E-state index contributed by atoms with van der Waals surface area (Å²) >= 11 is 11.8. The summed E-state index contributed by atoms with van der Waals surface area (Å²) in [5, 5.41) is 39.4. The molecule has 5 fully saturated rings. The van der Waals surface area contributed by atoms with E-state index in [0.717, 1.165) is 70.6 Å². The number of halogens is 4. The molecule has 0 saturated heterocycles. The highest BCUT2D eigenvalue weighted by atomic mass is 35.5. The van der Waals surface area contributed by atoms with Crippen LogP contribution in [0.4, 0.5) is 8.78 Å². The first-order chi connectivity index (χ1) is 59.8. The lowest BCUT2D eigenvalue weighted by molar-refractivity contribution is 0.0397. The van der Waals surface area contributed by atoms with Gasteiger partial charge in [0.25, 0.3) is 0 Å². The molecule has 6 N–H and O–H groups in total. The minimum absolute atomic E-state index is 0.00709. The van der Waals surface area contributed by atoms with Crippen LogP contribution >= 0.6 is 23.2 Å². The van der Waals surface area contributed by atoms with Crippen LogP contribution in [-0.2, 0) is 25.4 Å². The number of aliphatic hydroxyl groups is 3. The zero-order valence-corrected chi connectivity index (χ0v) is 75.0. The number of rotatable bonds is 32. The van der Waals surface area contributed by atoms with Crippen molar-refractivity contribution in [2.24, 2.45) is 5.73 Å². The summed E-state index contributed by atoms with van der Waals surface area (Å²) in [6.45, 7) is 11.4. The normalized spacial score (nSPS) is 15.6. The molecule has 14 rings (SSSR count). The van der Waals surface area contributed by atoms with E-state index < -0.39 is 40.4 Å². The average Bonchev–Trinajstić information content (AvgIpc) is 1.75. The smallest absolute Gasteiger partial charge is 0.337 e. The van der Waals surface area contributed by atoms with Crippen molar-refractivity contribution in [3.8, 4) is 91.5 Å². The first-order valence-corrected chi connectivity index (χ1v) is 41.2. The number of hydrogen-bond donors (Lipinski definition) is 5. The molecule has 0 radical (unpaired) electrons. The number of carboxylic acid groups (broad SMARTS) is 1. The summed E-state index contributed by atoms with van der Waals surface area (Å²) in [5.74, 6) is 3.22. The number of aromatic carboxylic acids is 1. The zero-order valence-electron chi connectivity index (χ0n) is 73.5. The molecule has 2 heterocycles. The number of carbonyl (C=O) groups is 5. The van der Waals surface area contributed by atoms with Gasteiger partial charge in [-0.1, -0.05) is 30.1 Å². The monoisotopic (exact) mass is 1780 g/mol. The first kappa shape index (κ1) is 98.1. The Balaban J connectivity index is 0.000000176. The Morgan fingerprint density at radius 2 is 0.706 bits per heavy atom. The minimum Gasteiger partial charge on any atom is -0.494 e. The van der Waals surface area contributed by atoms with Crippen LogP contribution in [0.5, 0.6) is 69.0 Å². The van der Waals surface area contributed by atoms with E-state index in [4.69, 9.17) is 90.9 Å². The van der Waals surface area contributed by atoms with Crippen LogP contribution in [-0.4, -0.2) is 172 Å². The fourth-order valence-electron chi connectivity index (χ4n) is 12.3. The fraction of sp³-hybridized carbons (Fsp3) is 0.400. The van der Waals surface area contributed by atoms with Crippen molar-refractivity contribution < 1.29 is 124 Å². The predicted octanol–water partition coefficient (Wildman–Crippen LogP) is 18.0. The Hall–Kier alpha value is -11.7. The van der Waals surface area contributed by atoms with Gasteiger partial charge in [-0.15, -0.1) is 0 Å². The molecule has 9 aromatic rings. The lowest BCUT2D eigenvalue weighted by Gasteiger charge is -2.24. The Morgan fingerprint density at radius 3 is 1.00 bits per heavy atom. The van der Waals surface area contributed by atoms with E-state index in [9.17, 15) is 48.1 Å². The number of methoxy groups -OCH3 is 10. The Bertz CT molecular complexity index is 5250. The molecule has 7 aromatic carbocycles. The number of hydrogen-bond acceptors (Lipinski definition) is 26. The molecule has 2 aromatic heterocycles. The van der Waals surface area contributed by atoms with E-state index in [-0.39, 0.29) is 81.7 Å².